The van der Waals surface area contributed by atoms with Crippen molar-refractivity contribution >= 4 is 28.9 Å². The lowest BCUT2D eigenvalue weighted by molar-refractivity contribution is -0.116. The minimum Gasteiger partial charge on any atom is -0.497 e. The number of benzene rings is 1. The van der Waals surface area contributed by atoms with E-state index in [1.807, 2.05) is 43.4 Å². The molecule has 186 valence electrons. The van der Waals surface area contributed by atoms with Crippen LogP contribution in [0.3, 0.4) is 0 Å². The van der Waals surface area contributed by atoms with Crippen molar-refractivity contribution in [2.45, 2.75) is 31.7 Å². The molecule has 10 nitrogen and oxygen atoms in total. The third kappa shape index (κ3) is 6.46. The monoisotopic (exact) mass is 486 g/mol. The van der Waals surface area contributed by atoms with E-state index in [1.54, 1.807) is 13.3 Å². The molecule has 0 radical (unpaired) electrons. The Bertz CT molecular complexity index is 1200. The van der Waals surface area contributed by atoms with Crippen LogP contribution in [0.1, 0.15) is 30.5 Å². The number of rotatable bonds is 9. The van der Waals surface area contributed by atoms with E-state index in [0.717, 1.165) is 42.9 Å². The van der Waals surface area contributed by atoms with Gasteiger partial charge in [0, 0.05) is 25.6 Å². The standard InChI is InChI=1S/C26H30N8O2/c1-34(20-9-11-28-12-10-20)23-13-24(33-25-17-29-19(14-27)15-30-25)31-16-22(23)32-26(35)8-5-18-3-6-21(36-2)7-4-18/h3-4,6-7,13,15-17,20,28H,5,8-12H2,1-2H3,(H,32,35)(H,30,31,33). The summed E-state index contributed by atoms with van der Waals surface area (Å²) in [6.07, 6.45) is 7.55. The number of methoxy groups -OCH3 is 1. The van der Waals surface area contributed by atoms with E-state index >= 15 is 0 Å². The van der Waals surface area contributed by atoms with Gasteiger partial charge in [-0.1, -0.05) is 12.1 Å². The lowest BCUT2D eigenvalue weighted by atomic mass is 10.0. The van der Waals surface area contributed by atoms with Gasteiger partial charge in [0.25, 0.3) is 0 Å². The number of ether oxygens (including phenoxy) is 1. The molecular formula is C26H30N8O2. The van der Waals surface area contributed by atoms with Crippen LogP contribution in [0.2, 0.25) is 0 Å². The number of nitrogens with zero attached hydrogens (tertiary/aromatic N) is 5. The number of anilines is 4. The molecule has 1 aliphatic rings. The van der Waals surface area contributed by atoms with Gasteiger partial charge in [0.1, 0.15) is 23.5 Å². The normalized spacial score (nSPS) is 13.5. The van der Waals surface area contributed by atoms with Crippen molar-refractivity contribution < 1.29 is 9.53 Å². The molecule has 0 spiro atoms. The number of pyridine rings is 1. The minimum atomic E-state index is -0.0775. The van der Waals surface area contributed by atoms with E-state index in [1.165, 1.54) is 12.4 Å². The largest absolute Gasteiger partial charge is 0.497 e. The average Bonchev–Trinajstić information content (AvgIpc) is 2.93. The minimum absolute atomic E-state index is 0.0775. The molecule has 1 amide bonds. The number of piperidine rings is 1. The van der Waals surface area contributed by atoms with Crippen LogP contribution in [0.15, 0.2) is 48.9 Å². The molecule has 2 aromatic heterocycles. The lowest BCUT2D eigenvalue weighted by Crippen LogP contribution is -2.41. The summed E-state index contributed by atoms with van der Waals surface area (Å²) in [5.41, 5.74) is 2.85. The fourth-order valence-corrected chi connectivity index (χ4v) is 4.14. The van der Waals surface area contributed by atoms with Crippen molar-refractivity contribution in [3.63, 3.8) is 0 Å². The molecular weight excluding hydrogens is 456 g/mol. The smallest absolute Gasteiger partial charge is 0.224 e. The van der Waals surface area contributed by atoms with Crippen molar-refractivity contribution in [2.75, 3.05) is 42.8 Å². The van der Waals surface area contributed by atoms with Crippen LogP contribution in [0.5, 0.6) is 5.75 Å². The number of nitriles is 1. The Morgan fingerprint density at radius 2 is 1.89 bits per heavy atom. The van der Waals surface area contributed by atoms with Crippen LogP contribution in [0.25, 0.3) is 0 Å². The van der Waals surface area contributed by atoms with Gasteiger partial charge in [0.2, 0.25) is 5.91 Å². The van der Waals surface area contributed by atoms with Gasteiger partial charge in [0.15, 0.2) is 5.69 Å². The highest BCUT2D eigenvalue weighted by molar-refractivity contribution is 5.94. The summed E-state index contributed by atoms with van der Waals surface area (Å²) in [4.78, 5) is 27.8. The first kappa shape index (κ1) is 24.9. The Labute approximate surface area is 210 Å². The van der Waals surface area contributed by atoms with Crippen LogP contribution in [0.4, 0.5) is 23.0 Å². The molecule has 0 aliphatic carbocycles. The maximum Gasteiger partial charge on any atom is 0.224 e. The molecule has 0 bridgehead atoms. The van der Waals surface area contributed by atoms with Gasteiger partial charge >= 0.3 is 0 Å². The van der Waals surface area contributed by atoms with Crippen molar-refractivity contribution in [1.29, 1.82) is 5.26 Å². The summed E-state index contributed by atoms with van der Waals surface area (Å²) in [6.45, 7) is 1.91. The number of carbonyl (C=O) groups excluding carboxylic acids is 1. The van der Waals surface area contributed by atoms with Gasteiger partial charge in [-0.25, -0.2) is 15.0 Å². The summed E-state index contributed by atoms with van der Waals surface area (Å²) < 4.78 is 5.20. The second kappa shape index (κ2) is 12.0. The van der Waals surface area contributed by atoms with Gasteiger partial charge in [0.05, 0.1) is 37.1 Å². The zero-order chi connectivity index (χ0) is 25.3. The topological polar surface area (TPSA) is 128 Å². The summed E-state index contributed by atoms with van der Waals surface area (Å²) >= 11 is 0. The zero-order valence-electron chi connectivity index (χ0n) is 20.5. The first-order chi connectivity index (χ1) is 17.6. The molecule has 1 aromatic carbocycles. The SMILES string of the molecule is COc1ccc(CCC(=O)Nc2cnc(Nc3cnc(C#N)cn3)cc2N(C)C2CCNCC2)cc1. The zero-order valence-corrected chi connectivity index (χ0v) is 20.5. The Morgan fingerprint density at radius 1 is 1.14 bits per heavy atom. The third-order valence-corrected chi connectivity index (χ3v) is 6.21. The highest BCUT2D eigenvalue weighted by atomic mass is 16.5. The molecule has 3 N–H and O–H groups in total. The van der Waals surface area contributed by atoms with Crippen LogP contribution in [-0.4, -0.2) is 54.1 Å². The maximum atomic E-state index is 12.8. The molecule has 4 rings (SSSR count). The number of aryl methyl sites for hydroxylation is 1. The summed E-state index contributed by atoms with van der Waals surface area (Å²) in [7, 11) is 3.68. The molecule has 1 aliphatic heterocycles. The number of hydrogen-bond acceptors (Lipinski definition) is 9. The quantitative estimate of drug-likeness (QED) is 0.417. The van der Waals surface area contributed by atoms with Gasteiger partial charge in [-0.2, -0.15) is 5.26 Å². The Morgan fingerprint density at radius 3 is 2.56 bits per heavy atom. The molecule has 10 heteroatoms. The Balaban J connectivity index is 1.49. The first-order valence-electron chi connectivity index (χ1n) is 11.9. The highest BCUT2D eigenvalue weighted by Crippen LogP contribution is 2.31. The average molecular weight is 487 g/mol. The van der Waals surface area contributed by atoms with Gasteiger partial charge in [-0.05, 0) is 50.0 Å². The summed E-state index contributed by atoms with van der Waals surface area (Å²) in [6, 6.07) is 11.9. The van der Waals surface area contributed by atoms with Crippen molar-refractivity contribution in [3.8, 4) is 11.8 Å². The van der Waals surface area contributed by atoms with Crippen molar-refractivity contribution in [2.24, 2.45) is 0 Å². The lowest BCUT2D eigenvalue weighted by Gasteiger charge is -2.34. The molecule has 3 aromatic rings. The highest BCUT2D eigenvalue weighted by Gasteiger charge is 2.22. The Hall–Kier alpha value is -4.23. The second-order valence-corrected chi connectivity index (χ2v) is 8.60. The molecule has 0 unspecified atom stereocenters. The number of aromatic nitrogens is 3. The van der Waals surface area contributed by atoms with Gasteiger partial charge < -0.3 is 25.6 Å². The molecule has 0 atom stereocenters. The van der Waals surface area contributed by atoms with E-state index in [4.69, 9.17) is 10.00 Å². The van der Waals surface area contributed by atoms with Crippen LogP contribution in [0, 0.1) is 11.3 Å². The number of hydrogen-bond donors (Lipinski definition) is 3. The van der Waals surface area contributed by atoms with Crippen LogP contribution in [-0.2, 0) is 11.2 Å². The van der Waals surface area contributed by atoms with Gasteiger partial charge in [-0.15, -0.1) is 0 Å². The fraction of sp³-hybridized carbons (Fsp3) is 0.346. The van der Waals surface area contributed by atoms with Gasteiger partial charge in [-0.3, -0.25) is 4.79 Å². The number of amides is 1. The van der Waals surface area contributed by atoms with E-state index in [0.29, 0.717) is 36.2 Å². The molecule has 3 heterocycles. The summed E-state index contributed by atoms with van der Waals surface area (Å²) in [5, 5.41) is 18.5. The molecule has 1 fully saturated rings. The van der Waals surface area contributed by atoms with Crippen LogP contribution >= 0.6 is 0 Å². The fourth-order valence-electron chi connectivity index (χ4n) is 4.14. The number of carbonyl (C=O) groups is 1. The van der Waals surface area contributed by atoms with E-state index < -0.39 is 0 Å². The third-order valence-electron chi connectivity index (χ3n) is 6.21. The molecule has 0 saturated carbocycles. The molecule has 36 heavy (non-hydrogen) atoms. The number of nitrogens with one attached hydrogen (secondary N) is 3. The van der Waals surface area contributed by atoms with Crippen molar-refractivity contribution in [3.05, 3.63) is 60.2 Å². The maximum absolute atomic E-state index is 12.8. The second-order valence-electron chi connectivity index (χ2n) is 8.60. The molecule has 1 saturated heterocycles. The predicted molar refractivity (Wildman–Crippen MR) is 139 cm³/mol. The Kier molecular flexibility index (Phi) is 8.26. The van der Waals surface area contributed by atoms with Crippen LogP contribution < -0.4 is 25.6 Å². The first-order valence-corrected chi connectivity index (χ1v) is 11.9. The van der Waals surface area contributed by atoms with E-state index in [9.17, 15) is 4.79 Å². The van der Waals surface area contributed by atoms with Crippen molar-refractivity contribution in [1.82, 2.24) is 20.3 Å². The van der Waals surface area contributed by atoms with E-state index in [-0.39, 0.29) is 11.6 Å². The van der Waals surface area contributed by atoms with E-state index in [2.05, 4.69) is 35.8 Å². The predicted octanol–water partition coefficient (Wildman–Crippen LogP) is 3.25. The summed E-state index contributed by atoms with van der Waals surface area (Å²) in [5.74, 6) is 1.76.